The van der Waals surface area contributed by atoms with Gasteiger partial charge in [-0.2, -0.15) is 19.8 Å². The van der Waals surface area contributed by atoms with Gasteiger partial charge in [0.15, 0.2) is 0 Å². The molecule has 17 heavy (non-hydrogen) atoms. The molecule has 0 spiro atoms. The highest BCUT2D eigenvalue weighted by Gasteiger charge is 2.00. The first kappa shape index (κ1) is 30.9. The predicted octanol–water partition coefficient (Wildman–Crippen LogP) is 4.54. The SMILES string of the molecule is Br.Br.Br.CP(CN=[N+]=[N-])c1ccccc1.P.P. The summed E-state index contributed by atoms with van der Waals surface area (Å²) in [4.78, 5) is 2.74. The second kappa shape index (κ2) is 19.6. The average molecular weight is 490 g/mol. The van der Waals surface area contributed by atoms with Crippen molar-refractivity contribution in [3.05, 3.63) is 40.8 Å². The van der Waals surface area contributed by atoms with Crippen molar-refractivity contribution < 1.29 is 0 Å². The van der Waals surface area contributed by atoms with Crippen molar-refractivity contribution in [3.63, 3.8) is 0 Å². The molecule has 0 aliphatic rings. The van der Waals surface area contributed by atoms with Gasteiger partial charge in [-0.05, 0) is 17.5 Å². The van der Waals surface area contributed by atoms with Crippen LogP contribution in [0.4, 0.5) is 0 Å². The van der Waals surface area contributed by atoms with Gasteiger partial charge in [0.1, 0.15) is 0 Å². The van der Waals surface area contributed by atoms with Crippen molar-refractivity contribution in [1.82, 2.24) is 0 Å². The van der Waals surface area contributed by atoms with E-state index in [1.54, 1.807) is 0 Å². The van der Waals surface area contributed by atoms with Crippen LogP contribution in [0.3, 0.4) is 0 Å². The maximum atomic E-state index is 8.13. The maximum absolute atomic E-state index is 8.13. The standard InChI is InChI=1S/C8H10N3P.3BrH.2H3P/c1-12(7-10-11-9)8-5-3-2-4-6-8;;;;;/h2-6H,7H2,1H3;3*1H;2*1H3. The van der Waals surface area contributed by atoms with E-state index in [2.05, 4.69) is 28.8 Å². The Bertz CT molecular complexity index is 297. The van der Waals surface area contributed by atoms with Crippen LogP contribution in [0.1, 0.15) is 0 Å². The molecule has 0 saturated carbocycles. The molecule has 0 N–H and O–H groups in total. The second-order valence-electron chi connectivity index (χ2n) is 2.41. The van der Waals surface area contributed by atoms with E-state index >= 15 is 0 Å². The molecule has 0 aromatic heterocycles. The number of benzene rings is 1. The smallest absolute Gasteiger partial charge is 0.0501 e. The van der Waals surface area contributed by atoms with Crippen molar-refractivity contribution in [1.29, 1.82) is 0 Å². The highest BCUT2D eigenvalue weighted by Crippen LogP contribution is 2.28. The molecular formula is C8H19Br3N3P3. The van der Waals surface area contributed by atoms with Gasteiger partial charge in [0.05, 0.1) is 6.29 Å². The summed E-state index contributed by atoms with van der Waals surface area (Å²) in [6.45, 7) is 2.11. The van der Waals surface area contributed by atoms with Gasteiger partial charge in [-0.3, -0.25) is 0 Å². The molecule has 102 valence electrons. The lowest BCUT2D eigenvalue weighted by atomic mass is 10.4. The molecule has 0 saturated heterocycles. The lowest BCUT2D eigenvalue weighted by Gasteiger charge is -2.07. The van der Waals surface area contributed by atoms with Crippen LogP contribution >= 0.6 is 78.7 Å². The van der Waals surface area contributed by atoms with E-state index in [0.29, 0.717) is 6.29 Å². The van der Waals surface area contributed by atoms with Crippen molar-refractivity contribution in [2.45, 2.75) is 0 Å². The zero-order valence-electron chi connectivity index (χ0n) is 9.52. The third-order valence-corrected chi connectivity index (χ3v) is 3.27. The summed E-state index contributed by atoms with van der Waals surface area (Å²) in [5, 5.41) is 4.84. The molecule has 3 nitrogen and oxygen atoms in total. The summed E-state index contributed by atoms with van der Waals surface area (Å²) < 4.78 is 0. The largest absolute Gasteiger partial charge is 0.153 e. The van der Waals surface area contributed by atoms with Crippen LogP contribution in [0.2, 0.25) is 0 Å². The second-order valence-corrected chi connectivity index (χ2v) is 4.60. The van der Waals surface area contributed by atoms with Crippen molar-refractivity contribution in [2.75, 3.05) is 13.0 Å². The lowest BCUT2D eigenvalue weighted by Crippen LogP contribution is -1.99. The maximum Gasteiger partial charge on any atom is 0.0501 e. The summed E-state index contributed by atoms with van der Waals surface area (Å²) in [6, 6.07) is 10.1. The molecule has 0 heterocycles. The highest BCUT2D eigenvalue weighted by molar-refractivity contribution is 8.93. The van der Waals surface area contributed by atoms with Crippen molar-refractivity contribution in [2.24, 2.45) is 5.11 Å². The molecular weight excluding hydrogens is 471 g/mol. The molecule has 0 bridgehead atoms. The number of nitrogens with zero attached hydrogens (tertiary/aromatic N) is 3. The molecule has 0 aliphatic carbocycles. The first-order valence-corrected chi connectivity index (χ1v) is 5.59. The summed E-state index contributed by atoms with van der Waals surface area (Å²) in [5.74, 6) is 0. The number of hydrogen-bond acceptors (Lipinski definition) is 1. The van der Waals surface area contributed by atoms with Gasteiger partial charge >= 0.3 is 0 Å². The van der Waals surface area contributed by atoms with Crippen LogP contribution < -0.4 is 5.30 Å². The van der Waals surface area contributed by atoms with Gasteiger partial charge in [-0.1, -0.05) is 43.4 Å². The zero-order valence-corrected chi connectivity index (χ0v) is 18.4. The summed E-state index contributed by atoms with van der Waals surface area (Å²) >= 11 is 0. The third-order valence-electron chi connectivity index (χ3n) is 1.54. The van der Waals surface area contributed by atoms with Gasteiger partial charge < -0.3 is 0 Å². The monoisotopic (exact) mass is 487 g/mol. The van der Waals surface area contributed by atoms with Crippen LogP contribution in [0, 0.1) is 0 Å². The molecule has 0 aliphatic heterocycles. The van der Waals surface area contributed by atoms with Crippen LogP contribution in [-0.2, 0) is 0 Å². The number of hydrogen-bond donors (Lipinski definition) is 0. The fourth-order valence-electron chi connectivity index (χ4n) is 0.887. The van der Waals surface area contributed by atoms with Crippen molar-refractivity contribution in [3.8, 4) is 0 Å². The molecule has 9 heteroatoms. The Balaban J connectivity index is -0.0000000960. The topological polar surface area (TPSA) is 48.8 Å². The number of halogens is 3. The number of rotatable bonds is 3. The molecule has 0 amide bonds. The zero-order chi connectivity index (χ0) is 8.81. The average Bonchev–Trinajstić information content (AvgIpc) is 2.15. The van der Waals surface area contributed by atoms with Crippen molar-refractivity contribution >= 4 is 84.0 Å². The fraction of sp³-hybridized carbons (Fsp3) is 0.250. The minimum Gasteiger partial charge on any atom is -0.153 e. The van der Waals surface area contributed by atoms with Crippen LogP contribution in [0.5, 0.6) is 0 Å². The van der Waals surface area contributed by atoms with Crippen LogP contribution in [0.25, 0.3) is 10.4 Å². The molecule has 0 fully saturated rings. The van der Waals surface area contributed by atoms with Gasteiger partial charge in [0, 0.05) is 4.91 Å². The highest BCUT2D eigenvalue weighted by atomic mass is 79.9. The van der Waals surface area contributed by atoms with E-state index in [4.69, 9.17) is 5.53 Å². The Labute approximate surface area is 142 Å². The summed E-state index contributed by atoms with van der Waals surface area (Å²) in [5.41, 5.74) is 8.13. The Hall–Kier alpha value is 1.26. The minimum absolute atomic E-state index is 0. The van der Waals surface area contributed by atoms with E-state index in [0.717, 1.165) is 0 Å². The van der Waals surface area contributed by atoms with Gasteiger partial charge in [-0.15, -0.1) is 50.9 Å². The van der Waals surface area contributed by atoms with Gasteiger partial charge in [0.25, 0.3) is 0 Å². The first-order valence-electron chi connectivity index (χ1n) is 3.61. The number of azide groups is 1. The fourth-order valence-corrected chi connectivity index (χ4v) is 1.98. The molecule has 1 rings (SSSR count). The molecule has 3 unspecified atom stereocenters. The van der Waals surface area contributed by atoms with E-state index in [-0.39, 0.29) is 78.7 Å². The van der Waals surface area contributed by atoms with Gasteiger partial charge in [-0.25, -0.2) is 0 Å². The first-order chi connectivity index (χ1) is 5.84. The molecule has 3 atom stereocenters. The lowest BCUT2D eigenvalue weighted by molar-refractivity contribution is 1.32. The predicted molar refractivity (Wildman–Crippen MR) is 106 cm³/mol. The van der Waals surface area contributed by atoms with E-state index in [9.17, 15) is 0 Å². The minimum atomic E-state index is -0.302. The van der Waals surface area contributed by atoms with E-state index < -0.39 is 0 Å². The Morgan fingerprint density at radius 1 is 1.12 bits per heavy atom. The normalized spacial score (nSPS) is 8.29. The Kier molecular flexibility index (Phi) is 35.7. The summed E-state index contributed by atoms with van der Waals surface area (Å²) in [6.07, 6.45) is 0.593. The van der Waals surface area contributed by atoms with Crippen LogP contribution in [0.15, 0.2) is 35.4 Å². The Morgan fingerprint density at radius 2 is 1.59 bits per heavy atom. The van der Waals surface area contributed by atoms with Crippen LogP contribution in [-0.4, -0.2) is 13.0 Å². The molecule has 1 aromatic carbocycles. The van der Waals surface area contributed by atoms with E-state index in [1.165, 1.54) is 5.30 Å². The van der Waals surface area contributed by atoms with E-state index in [1.807, 2.05) is 18.2 Å². The quantitative estimate of drug-likeness (QED) is 0.259. The third kappa shape index (κ3) is 13.5. The molecule has 1 aromatic rings. The summed E-state index contributed by atoms with van der Waals surface area (Å²) in [7, 11) is -0.302. The Morgan fingerprint density at radius 3 is 2.00 bits per heavy atom. The molecule has 0 radical (unpaired) electrons. The van der Waals surface area contributed by atoms with Gasteiger partial charge in [0.2, 0.25) is 0 Å².